The normalized spacial score (nSPS) is 13.8. The smallest absolute Gasteiger partial charge is 0.462 e. The number of aliphatic hydroxyl groups excluding tert-OH is 1. The Kier molecular flexibility index (Phi) is 74.4. The zero-order valence-corrected chi connectivity index (χ0v) is 68.5. The van der Waals surface area contributed by atoms with E-state index in [0.29, 0.717) is 25.7 Å². The molecule has 5 atom stereocenters. The van der Waals surface area contributed by atoms with E-state index >= 15 is 0 Å². The zero-order chi connectivity index (χ0) is 74.8. The number of hydrogen-bond acceptors (Lipinski definition) is 15. The van der Waals surface area contributed by atoms with Gasteiger partial charge in [0.25, 0.3) is 0 Å². The zero-order valence-electron chi connectivity index (χ0n) is 66.8. The Hall–Kier alpha value is -1.94. The Morgan fingerprint density at radius 2 is 0.451 bits per heavy atom. The molecule has 19 heteroatoms. The Morgan fingerprint density at radius 3 is 0.667 bits per heavy atom. The van der Waals surface area contributed by atoms with Gasteiger partial charge in [-0.2, -0.15) is 0 Å². The van der Waals surface area contributed by atoms with Crippen molar-refractivity contribution >= 4 is 39.5 Å². The first kappa shape index (κ1) is 100. The van der Waals surface area contributed by atoms with E-state index < -0.39 is 97.5 Å². The minimum absolute atomic E-state index is 0.109. The molecule has 102 heavy (non-hydrogen) atoms. The van der Waals surface area contributed by atoms with Crippen LogP contribution >= 0.6 is 15.6 Å². The van der Waals surface area contributed by atoms with Gasteiger partial charge in [-0.15, -0.1) is 0 Å². The minimum Gasteiger partial charge on any atom is -0.462 e. The van der Waals surface area contributed by atoms with Gasteiger partial charge in [-0.3, -0.25) is 37.3 Å². The quantitative estimate of drug-likeness (QED) is 0.0222. The molecule has 0 heterocycles. The summed E-state index contributed by atoms with van der Waals surface area (Å²) in [7, 11) is -9.92. The molecule has 0 aromatic rings. The molecule has 0 spiro atoms. The van der Waals surface area contributed by atoms with Gasteiger partial charge < -0.3 is 33.8 Å². The number of esters is 4. The standard InChI is InChI=1S/C83H162O17P2/c1-6-9-12-15-18-21-24-27-29-31-37-42-47-52-57-62-67-81(86)94-73-79(100-83(88)69-64-59-54-49-44-39-34-33-36-40-45-50-55-60-65-76(4)5)75-98-102(91,92)96-71-77(84)70-95-101(89,90)97-74-78(72-93-80(85)66-61-56-51-46-41-35-26-23-20-17-14-11-8-3)99-82(87)68-63-58-53-48-43-38-32-30-28-25-22-19-16-13-10-7-2/h76-79,84H,6-75H2,1-5H3,(H,89,90)(H,91,92)/t77-,78+,79+/m0/s1. The third-order valence-electron chi connectivity index (χ3n) is 19.5. The maximum Gasteiger partial charge on any atom is 0.472 e. The molecular weight excluding hydrogens is 1330 g/mol. The highest BCUT2D eigenvalue weighted by Crippen LogP contribution is 2.45. The molecule has 0 aromatic carbocycles. The van der Waals surface area contributed by atoms with Crippen molar-refractivity contribution in [1.29, 1.82) is 0 Å². The number of rotatable bonds is 83. The molecule has 0 rings (SSSR count). The second kappa shape index (κ2) is 75.9. The Morgan fingerprint density at radius 1 is 0.265 bits per heavy atom. The summed E-state index contributed by atoms with van der Waals surface area (Å²) in [4.78, 5) is 73.2. The molecule has 0 aromatic heterocycles. The molecule has 0 saturated carbocycles. The van der Waals surface area contributed by atoms with Crippen molar-refractivity contribution in [3.63, 3.8) is 0 Å². The van der Waals surface area contributed by atoms with Crippen molar-refractivity contribution in [3.8, 4) is 0 Å². The van der Waals surface area contributed by atoms with Crippen molar-refractivity contribution in [1.82, 2.24) is 0 Å². The van der Waals surface area contributed by atoms with E-state index in [4.69, 9.17) is 37.0 Å². The Labute approximate surface area is 626 Å². The van der Waals surface area contributed by atoms with Crippen LogP contribution in [-0.2, 0) is 65.4 Å². The lowest BCUT2D eigenvalue weighted by atomic mass is 10.0. The van der Waals surface area contributed by atoms with Gasteiger partial charge in [-0.05, 0) is 31.6 Å². The molecular formula is C83H162O17P2. The molecule has 606 valence electrons. The third kappa shape index (κ3) is 76.3. The molecule has 0 radical (unpaired) electrons. The highest BCUT2D eigenvalue weighted by Gasteiger charge is 2.30. The summed E-state index contributed by atoms with van der Waals surface area (Å²) in [5.74, 6) is -1.30. The summed E-state index contributed by atoms with van der Waals surface area (Å²) < 4.78 is 68.9. The largest absolute Gasteiger partial charge is 0.472 e. The molecule has 0 aliphatic carbocycles. The van der Waals surface area contributed by atoms with Gasteiger partial charge in [-0.1, -0.05) is 394 Å². The van der Waals surface area contributed by atoms with E-state index in [0.717, 1.165) is 95.8 Å². The van der Waals surface area contributed by atoms with Crippen LogP contribution in [0.5, 0.6) is 0 Å². The first-order valence-corrected chi connectivity index (χ1v) is 46.1. The number of phosphoric ester groups is 2. The number of ether oxygens (including phenoxy) is 4. The molecule has 2 unspecified atom stereocenters. The maximum atomic E-state index is 13.1. The minimum atomic E-state index is -4.96. The summed E-state index contributed by atoms with van der Waals surface area (Å²) in [5.41, 5.74) is 0. The predicted molar refractivity (Wildman–Crippen MR) is 418 cm³/mol. The van der Waals surface area contributed by atoms with Crippen LogP contribution in [0, 0.1) is 5.92 Å². The van der Waals surface area contributed by atoms with Gasteiger partial charge in [-0.25, -0.2) is 9.13 Å². The number of phosphoric acid groups is 2. The third-order valence-corrected chi connectivity index (χ3v) is 21.4. The monoisotopic (exact) mass is 1490 g/mol. The van der Waals surface area contributed by atoms with Crippen molar-refractivity contribution in [2.45, 2.75) is 464 Å². The average molecular weight is 1490 g/mol. The van der Waals surface area contributed by atoms with Crippen LogP contribution in [-0.4, -0.2) is 96.7 Å². The number of carbonyl (C=O) groups excluding carboxylic acids is 4. The number of aliphatic hydroxyl groups is 1. The van der Waals surface area contributed by atoms with E-state index in [1.165, 1.54) is 270 Å². The Balaban J connectivity index is 5.27. The number of unbranched alkanes of at least 4 members (excludes halogenated alkanes) is 55. The van der Waals surface area contributed by atoms with Crippen molar-refractivity contribution in [2.24, 2.45) is 5.92 Å². The van der Waals surface area contributed by atoms with Crippen LogP contribution in [0.2, 0.25) is 0 Å². The topological polar surface area (TPSA) is 237 Å². The van der Waals surface area contributed by atoms with Gasteiger partial charge >= 0.3 is 39.5 Å². The fraction of sp³-hybridized carbons (Fsp3) is 0.952. The van der Waals surface area contributed by atoms with Crippen molar-refractivity contribution < 1.29 is 80.2 Å². The molecule has 0 amide bonds. The van der Waals surface area contributed by atoms with E-state index in [1.807, 2.05) is 0 Å². The molecule has 0 saturated heterocycles. The van der Waals surface area contributed by atoms with Crippen LogP contribution in [0.4, 0.5) is 0 Å². The molecule has 0 aliphatic heterocycles. The molecule has 0 aliphatic rings. The molecule has 0 bridgehead atoms. The molecule has 17 nitrogen and oxygen atoms in total. The second-order valence-corrected chi connectivity index (χ2v) is 33.3. The SMILES string of the molecule is CCCCCCCCCCCCCCCCCCC(=O)OC[C@H](COP(=O)(O)OC[C@@H](O)COP(=O)(O)OC[C@@H](COC(=O)CCCCCCCCCCCCCCC)OC(=O)CCCCCCCCCCCCCCCCCC)OC(=O)CCCCCCCCCCCCCCCCC(C)C. The summed E-state index contributed by atoms with van der Waals surface area (Å²) in [6, 6.07) is 0. The van der Waals surface area contributed by atoms with Gasteiger partial charge in [0.15, 0.2) is 12.2 Å². The highest BCUT2D eigenvalue weighted by atomic mass is 31.2. The van der Waals surface area contributed by atoms with Crippen LogP contribution in [0.1, 0.15) is 446 Å². The van der Waals surface area contributed by atoms with Crippen molar-refractivity contribution in [3.05, 3.63) is 0 Å². The number of carbonyl (C=O) groups is 4. The average Bonchev–Trinajstić information content (AvgIpc) is 0.929. The first-order valence-electron chi connectivity index (χ1n) is 43.1. The summed E-state index contributed by atoms with van der Waals surface area (Å²) >= 11 is 0. The fourth-order valence-corrected chi connectivity index (χ4v) is 14.5. The van der Waals surface area contributed by atoms with Gasteiger partial charge in [0.1, 0.15) is 19.3 Å². The summed E-state index contributed by atoms with van der Waals surface area (Å²) in [6.45, 7) is 7.38. The van der Waals surface area contributed by atoms with Crippen LogP contribution in [0.15, 0.2) is 0 Å². The molecule has 0 fully saturated rings. The lowest BCUT2D eigenvalue weighted by Gasteiger charge is -2.21. The molecule has 3 N–H and O–H groups in total. The summed E-state index contributed by atoms with van der Waals surface area (Å²) in [5, 5.41) is 10.7. The van der Waals surface area contributed by atoms with Gasteiger partial charge in [0, 0.05) is 25.7 Å². The van der Waals surface area contributed by atoms with Gasteiger partial charge in [0.05, 0.1) is 26.4 Å². The van der Waals surface area contributed by atoms with E-state index in [1.54, 1.807) is 0 Å². The van der Waals surface area contributed by atoms with Crippen molar-refractivity contribution in [2.75, 3.05) is 39.6 Å². The lowest BCUT2D eigenvalue weighted by Crippen LogP contribution is -2.30. The van der Waals surface area contributed by atoms with E-state index in [2.05, 4.69) is 34.6 Å². The summed E-state index contributed by atoms with van der Waals surface area (Å²) in [6.07, 6.45) is 67.8. The van der Waals surface area contributed by atoms with Crippen LogP contribution < -0.4 is 0 Å². The van der Waals surface area contributed by atoms with Crippen LogP contribution in [0.25, 0.3) is 0 Å². The predicted octanol–water partition coefficient (Wildman–Crippen LogP) is 25.2. The maximum absolute atomic E-state index is 13.1. The van der Waals surface area contributed by atoms with Gasteiger partial charge in [0.2, 0.25) is 0 Å². The Bertz CT molecular complexity index is 1940. The number of hydrogen-bond donors (Lipinski definition) is 3. The van der Waals surface area contributed by atoms with Crippen LogP contribution in [0.3, 0.4) is 0 Å². The highest BCUT2D eigenvalue weighted by molar-refractivity contribution is 7.47. The second-order valence-electron chi connectivity index (χ2n) is 30.3. The first-order chi connectivity index (χ1) is 49.5. The van der Waals surface area contributed by atoms with E-state index in [-0.39, 0.29) is 25.7 Å². The van der Waals surface area contributed by atoms with E-state index in [9.17, 15) is 43.2 Å². The fourth-order valence-electron chi connectivity index (χ4n) is 12.9. The lowest BCUT2D eigenvalue weighted by molar-refractivity contribution is -0.161.